The molecule has 2 aromatic carbocycles. The van der Waals surface area contributed by atoms with Crippen LogP contribution in [0.2, 0.25) is 0 Å². The van der Waals surface area contributed by atoms with Crippen LogP contribution in [-0.2, 0) is 0 Å². The zero-order chi connectivity index (χ0) is 15.6. The molecule has 1 N–H and O–H groups in total. The largest absolute Gasteiger partial charge is 0.321 e. The first kappa shape index (κ1) is 14.7. The lowest BCUT2D eigenvalue weighted by atomic mass is 10.0. The van der Waals surface area contributed by atoms with Gasteiger partial charge >= 0.3 is 0 Å². The number of benzene rings is 2. The summed E-state index contributed by atoms with van der Waals surface area (Å²) in [5, 5.41) is 13.6. The molecule has 0 aromatic heterocycles. The van der Waals surface area contributed by atoms with E-state index in [9.17, 15) is 14.9 Å². The molecule has 5 nitrogen and oxygen atoms in total. The van der Waals surface area contributed by atoms with Gasteiger partial charge in [0.1, 0.15) is 0 Å². The highest BCUT2D eigenvalue weighted by molar-refractivity contribution is 6.05. The van der Waals surface area contributed by atoms with Crippen molar-refractivity contribution in [1.29, 1.82) is 0 Å². The van der Waals surface area contributed by atoms with Crippen LogP contribution in [0.1, 0.15) is 27.0 Å². The minimum Gasteiger partial charge on any atom is -0.321 e. The van der Waals surface area contributed by atoms with Crippen LogP contribution in [0.25, 0.3) is 0 Å². The normalized spacial score (nSPS) is 10.2. The number of nitro benzene ring substituents is 1. The van der Waals surface area contributed by atoms with Gasteiger partial charge < -0.3 is 5.32 Å². The fourth-order valence-corrected chi connectivity index (χ4v) is 2.32. The van der Waals surface area contributed by atoms with Gasteiger partial charge in [-0.1, -0.05) is 23.8 Å². The summed E-state index contributed by atoms with van der Waals surface area (Å²) in [7, 11) is 0. The van der Waals surface area contributed by atoms with Crippen molar-refractivity contribution >= 4 is 17.3 Å². The maximum atomic E-state index is 12.2. The lowest BCUT2D eigenvalue weighted by Crippen LogP contribution is -2.14. The van der Waals surface area contributed by atoms with Gasteiger partial charge in [-0.3, -0.25) is 14.9 Å². The fourth-order valence-electron chi connectivity index (χ4n) is 2.32. The molecule has 0 aliphatic rings. The SMILES string of the molecule is Cc1cc(C)c(NC(=O)c2cccc([N+](=O)[O-])c2)c(C)c1. The van der Waals surface area contributed by atoms with Crippen LogP contribution in [-0.4, -0.2) is 10.8 Å². The Morgan fingerprint density at radius 1 is 1.10 bits per heavy atom. The minimum absolute atomic E-state index is 0.0972. The van der Waals surface area contributed by atoms with Crippen LogP contribution in [0.4, 0.5) is 11.4 Å². The second-order valence-electron chi connectivity index (χ2n) is 5.04. The van der Waals surface area contributed by atoms with Crippen molar-refractivity contribution in [1.82, 2.24) is 0 Å². The number of hydrogen-bond acceptors (Lipinski definition) is 3. The van der Waals surface area contributed by atoms with Crippen LogP contribution < -0.4 is 5.32 Å². The topological polar surface area (TPSA) is 72.2 Å². The molecule has 0 saturated carbocycles. The van der Waals surface area contributed by atoms with Crippen molar-refractivity contribution in [3.8, 4) is 0 Å². The predicted octanol–water partition coefficient (Wildman–Crippen LogP) is 3.77. The van der Waals surface area contributed by atoms with Gasteiger partial charge in [-0.05, 0) is 38.0 Å². The molecule has 0 aliphatic carbocycles. The molecule has 0 radical (unpaired) electrons. The van der Waals surface area contributed by atoms with Crippen LogP contribution in [0, 0.1) is 30.9 Å². The molecule has 0 atom stereocenters. The highest BCUT2D eigenvalue weighted by Crippen LogP contribution is 2.23. The summed E-state index contributed by atoms with van der Waals surface area (Å²) in [4.78, 5) is 22.5. The summed E-state index contributed by atoms with van der Waals surface area (Å²) in [5.41, 5.74) is 3.97. The van der Waals surface area contributed by atoms with Crippen molar-refractivity contribution in [3.05, 3.63) is 68.8 Å². The van der Waals surface area contributed by atoms with Crippen molar-refractivity contribution in [2.75, 3.05) is 5.32 Å². The van der Waals surface area contributed by atoms with E-state index in [4.69, 9.17) is 0 Å². The smallest absolute Gasteiger partial charge is 0.270 e. The van der Waals surface area contributed by atoms with Crippen molar-refractivity contribution in [3.63, 3.8) is 0 Å². The average molecular weight is 284 g/mol. The molecule has 2 rings (SSSR count). The average Bonchev–Trinajstić information content (AvgIpc) is 2.42. The van der Waals surface area contributed by atoms with E-state index in [2.05, 4.69) is 5.32 Å². The van der Waals surface area contributed by atoms with Gasteiger partial charge in [-0.25, -0.2) is 0 Å². The van der Waals surface area contributed by atoms with Crippen LogP contribution in [0.5, 0.6) is 0 Å². The first-order valence-corrected chi connectivity index (χ1v) is 6.52. The first-order valence-electron chi connectivity index (χ1n) is 6.52. The number of carbonyl (C=O) groups excluding carboxylic acids is 1. The quantitative estimate of drug-likeness (QED) is 0.688. The van der Waals surface area contributed by atoms with Gasteiger partial charge in [0.15, 0.2) is 0 Å². The predicted molar refractivity (Wildman–Crippen MR) is 81.7 cm³/mol. The molecule has 2 aromatic rings. The zero-order valence-electron chi connectivity index (χ0n) is 12.1. The Balaban J connectivity index is 2.30. The van der Waals surface area contributed by atoms with Gasteiger partial charge in [0.2, 0.25) is 0 Å². The molecular weight excluding hydrogens is 268 g/mol. The maximum Gasteiger partial charge on any atom is 0.270 e. The monoisotopic (exact) mass is 284 g/mol. The highest BCUT2D eigenvalue weighted by Gasteiger charge is 2.13. The van der Waals surface area contributed by atoms with Crippen molar-refractivity contribution in [2.45, 2.75) is 20.8 Å². The fraction of sp³-hybridized carbons (Fsp3) is 0.188. The van der Waals surface area contributed by atoms with Crippen molar-refractivity contribution in [2.24, 2.45) is 0 Å². The molecule has 0 spiro atoms. The number of amides is 1. The van der Waals surface area contributed by atoms with E-state index >= 15 is 0 Å². The summed E-state index contributed by atoms with van der Waals surface area (Å²) < 4.78 is 0. The number of anilines is 1. The van der Waals surface area contributed by atoms with Gasteiger partial charge in [0.05, 0.1) is 4.92 Å². The Labute approximate surface area is 122 Å². The summed E-state index contributed by atoms with van der Waals surface area (Å²) in [6, 6.07) is 9.66. The second kappa shape index (κ2) is 5.75. The molecule has 0 bridgehead atoms. The first-order chi connectivity index (χ1) is 9.88. The molecule has 1 amide bonds. The molecule has 0 saturated heterocycles. The van der Waals surface area contributed by atoms with Gasteiger partial charge in [0, 0.05) is 23.4 Å². The summed E-state index contributed by atoms with van der Waals surface area (Å²) in [5.74, 6) is -0.353. The molecule has 5 heteroatoms. The molecule has 0 fully saturated rings. The zero-order valence-corrected chi connectivity index (χ0v) is 12.1. The number of nitrogens with zero attached hydrogens (tertiary/aromatic N) is 1. The van der Waals surface area contributed by atoms with Crippen LogP contribution in [0.15, 0.2) is 36.4 Å². The number of nitrogens with one attached hydrogen (secondary N) is 1. The number of rotatable bonds is 3. The lowest BCUT2D eigenvalue weighted by Gasteiger charge is -2.12. The van der Waals surface area contributed by atoms with E-state index in [1.165, 1.54) is 18.2 Å². The van der Waals surface area contributed by atoms with E-state index in [0.29, 0.717) is 0 Å². The Bertz CT molecular complexity index is 700. The van der Waals surface area contributed by atoms with E-state index in [1.807, 2.05) is 32.9 Å². The van der Waals surface area contributed by atoms with E-state index in [0.717, 1.165) is 22.4 Å². The number of aryl methyl sites for hydroxylation is 3. The van der Waals surface area contributed by atoms with Crippen LogP contribution in [0.3, 0.4) is 0 Å². The second-order valence-corrected chi connectivity index (χ2v) is 5.04. The number of hydrogen-bond donors (Lipinski definition) is 1. The maximum absolute atomic E-state index is 12.2. The molecular formula is C16H16N2O3. The Morgan fingerprint density at radius 3 is 2.29 bits per heavy atom. The summed E-state index contributed by atoms with van der Waals surface area (Å²) in [6.07, 6.45) is 0. The highest BCUT2D eigenvalue weighted by atomic mass is 16.6. The Hall–Kier alpha value is -2.69. The number of carbonyl (C=O) groups is 1. The van der Waals surface area contributed by atoms with E-state index < -0.39 is 4.92 Å². The van der Waals surface area contributed by atoms with E-state index in [-0.39, 0.29) is 17.2 Å². The third-order valence-corrected chi connectivity index (χ3v) is 3.23. The Kier molecular flexibility index (Phi) is 4.03. The Morgan fingerprint density at radius 2 is 1.71 bits per heavy atom. The molecule has 0 aliphatic heterocycles. The van der Waals surface area contributed by atoms with Gasteiger partial charge in [0.25, 0.3) is 11.6 Å². The third-order valence-electron chi connectivity index (χ3n) is 3.23. The molecule has 21 heavy (non-hydrogen) atoms. The van der Waals surface area contributed by atoms with Gasteiger partial charge in [-0.15, -0.1) is 0 Å². The molecule has 108 valence electrons. The molecule has 0 unspecified atom stereocenters. The number of nitro groups is 1. The van der Waals surface area contributed by atoms with Crippen molar-refractivity contribution < 1.29 is 9.72 Å². The van der Waals surface area contributed by atoms with E-state index in [1.54, 1.807) is 6.07 Å². The summed E-state index contributed by atoms with van der Waals surface area (Å²) in [6.45, 7) is 5.83. The minimum atomic E-state index is -0.515. The molecule has 0 heterocycles. The number of non-ortho nitro benzene ring substituents is 1. The standard InChI is InChI=1S/C16H16N2O3/c1-10-7-11(2)15(12(3)8-10)17-16(19)13-5-4-6-14(9-13)18(20)21/h4-9H,1-3H3,(H,17,19). The summed E-state index contributed by atoms with van der Waals surface area (Å²) >= 11 is 0. The van der Waals surface area contributed by atoms with Gasteiger partial charge in [-0.2, -0.15) is 0 Å². The van der Waals surface area contributed by atoms with Crippen LogP contribution >= 0.6 is 0 Å². The lowest BCUT2D eigenvalue weighted by molar-refractivity contribution is -0.384. The third kappa shape index (κ3) is 3.25.